The molecule has 0 radical (unpaired) electrons. The van der Waals surface area contributed by atoms with Crippen LogP contribution in [-0.2, 0) is 0 Å². The van der Waals surface area contributed by atoms with Crippen LogP contribution in [0.4, 0.5) is 0 Å². The summed E-state index contributed by atoms with van der Waals surface area (Å²) in [4.78, 5) is 2.25. The van der Waals surface area contributed by atoms with E-state index in [1.165, 1.54) is 38.5 Å². The van der Waals surface area contributed by atoms with E-state index < -0.39 is 0 Å². The number of β-amino-alcohol motifs (C(OH)–C–C–N with tert-alkyl or cyclic N) is 1. The van der Waals surface area contributed by atoms with Gasteiger partial charge in [-0.1, -0.05) is 25.7 Å². The highest BCUT2D eigenvalue weighted by Gasteiger charge is 2.29. The number of likely N-dealkylation sites (N-methyl/N-ethyl adjacent to an activating group) is 1. The minimum atomic E-state index is -0.0803. The van der Waals surface area contributed by atoms with E-state index in [4.69, 9.17) is 0 Å². The molecule has 0 aromatic heterocycles. The highest BCUT2D eigenvalue weighted by atomic mass is 32.2. The van der Waals surface area contributed by atoms with Gasteiger partial charge in [0.05, 0.1) is 6.10 Å². The molecule has 1 saturated heterocycles. The van der Waals surface area contributed by atoms with Gasteiger partial charge in [0.1, 0.15) is 0 Å². The maximum absolute atomic E-state index is 9.89. The highest BCUT2D eigenvalue weighted by Crippen LogP contribution is 2.30. The molecule has 1 saturated carbocycles. The highest BCUT2D eigenvalue weighted by molar-refractivity contribution is 7.99. The third kappa shape index (κ3) is 3.64. The zero-order valence-corrected chi connectivity index (χ0v) is 11.2. The molecule has 94 valence electrons. The van der Waals surface area contributed by atoms with Gasteiger partial charge in [-0.15, -0.1) is 0 Å². The first-order chi connectivity index (χ1) is 7.75. The van der Waals surface area contributed by atoms with Crippen LogP contribution < -0.4 is 0 Å². The number of likely N-dealkylation sites (tertiary alicyclic amines) is 1. The number of hydrogen-bond donors (Lipinski definition) is 1. The Morgan fingerprint density at radius 2 is 1.81 bits per heavy atom. The summed E-state index contributed by atoms with van der Waals surface area (Å²) in [5.41, 5.74) is 0. The van der Waals surface area contributed by atoms with Gasteiger partial charge in [-0.2, -0.15) is 11.8 Å². The number of aliphatic hydroxyl groups excluding tert-OH is 1. The molecule has 0 unspecified atom stereocenters. The average Bonchev–Trinajstić information content (AvgIpc) is 2.48. The zero-order valence-electron chi connectivity index (χ0n) is 10.4. The predicted molar refractivity (Wildman–Crippen MR) is 70.9 cm³/mol. The molecule has 2 rings (SSSR count). The molecule has 2 aliphatic rings. The van der Waals surface area contributed by atoms with Crippen LogP contribution in [0.1, 0.15) is 38.5 Å². The van der Waals surface area contributed by atoms with E-state index in [-0.39, 0.29) is 6.10 Å². The summed E-state index contributed by atoms with van der Waals surface area (Å²) >= 11 is 2.13. The second-order valence-corrected chi connectivity index (χ2v) is 6.83. The third-order valence-corrected chi connectivity index (χ3v) is 5.50. The molecule has 0 aromatic rings. The molecule has 0 aromatic carbocycles. The molecule has 16 heavy (non-hydrogen) atoms. The van der Waals surface area contributed by atoms with Crippen molar-refractivity contribution in [2.75, 3.05) is 25.9 Å². The van der Waals surface area contributed by atoms with Crippen LogP contribution in [0, 0.1) is 5.92 Å². The SMILES string of the molecule is CN1C[C@H](CSC2CCCCCC2)[C@@H](O)C1. The molecule has 3 heteroatoms. The topological polar surface area (TPSA) is 23.5 Å². The fourth-order valence-electron chi connectivity index (χ4n) is 2.90. The second kappa shape index (κ2) is 6.27. The number of nitrogens with zero attached hydrogens (tertiary/aromatic N) is 1. The average molecular weight is 243 g/mol. The van der Waals surface area contributed by atoms with E-state index in [9.17, 15) is 5.11 Å². The minimum absolute atomic E-state index is 0.0803. The van der Waals surface area contributed by atoms with Crippen LogP contribution in [-0.4, -0.2) is 47.3 Å². The van der Waals surface area contributed by atoms with Crippen LogP contribution in [0.5, 0.6) is 0 Å². The lowest BCUT2D eigenvalue weighted by Crippen LogP contribution is -2.21. The van der Waals surface area contributed by atoms with Crippen LogP contribution in [0.25, 0.3) is 0 Å². The Morgan fingerprint density at radius 1 is 1.12 bits per heavy atom. The van der Waals surface area contributed by atoms with Crippen LogP contribution in [0.15, 0.2) is 0 Å². The van der Waals surface area contributed by atoms with Gasteiger partial charge in [-0.3, -0.25) is 0 Å². The monoisotopic (exact) mass is 243 g/mol. The number of thioether (sulfide) groups is 1. The first kappa shape index (κ1) is 12.7. The molecule has 2 nitrogen and oxygen atoms in total. The minimum Gasteiger partial charge on any atom is -0.391 e. The molecule has 1 N–H and O–H groups in total. The lowest BCUT2D eigenvalue weighted by atomic mass is 10.1. The van der Waals surface area contributed by atoms with E-state index in [1.807, 2.05) is 0 Å². The molecule has 2 atom stereocenters. The number of hydrogen-bond acceptors (Lipinski definition) is 3. The molecular weight excluding hydrogens is 218 g/mol. The Balaban J connectivity index is 1.69. The Bertz CT molecular complexity index is 204. The predicted octanol–water partition coefficient (Wildman–Crippen LogP) is 2.36. The molecular formula is C13H25NOS. The number of rotatable bonds is 3. The van der Waals surface area contributed by atoms with Crippen LogP contribution in [0.3, 0.4) is 0 Å². The van der Waals surface area contributed by atoms with E-state index in [1.54, 1.807) is 0 Å². The van der Waals surface area contributed by atoms with Gasteiger partial charge in [0, 0.05) is 30.0 Å². The van der Waals surface area contributed by atoms with Crippen LogP contribution >= 0.6 is 11.8 Å². The Labute approximate surface area is 104 Å². The van der Waals surface area contributed by atoms with Crippen molar-refractivity contribution in [3.8, 4) is 0 Å². The molecule has 0 spiro atoms. The molecule has 0 bridgehead atoms. The van der Waals surface area contributed by atoms with E-state index in [2.05, 4.69) is 23.7 Å². The molecule has 1 aliphatic heterocycles. The van der Waals surface area contributed by atoms with Crippen molar-refractivity contribution in [1.29, 1.82) is 0 Å². The van der Waals surface area contributed by atoms with Crippen molar-refractivity contribution < 1.29 is 5.11 Å². The van der Waals surface area contributed by atoms with Gasteiger partial charge in [-0.25, -0.2) is 0 Å². The Kier molecular flexibility index (Phi) is 4.98. The molecule has 2 fully saturated rings. The van der Waals surface area contributed by atoms with Crippen LogP contribution in [0.2, 0.25) is 0 Å². The summed E-state index contributed by atoms with van der Waals surface area (Å²) in [6.07, 6.45) is 8.45. The maximum atomic E-state index is 9.89. The van der Waals surface area contributed by atoms with Gasteiger partial charge in [0.2, 0.25) is 0 Å². The van der Waals surface area contributed by atoms with Gasteiger partial charge < -0.3 is 10.0 Å². The molecule has 1 aliphatic carbocycles. The van der Waals surface area contributed by atoms with Crippen molar-refractivity contribution in [3.63, 3.8) is 0 Å². The summed E-state index contributed by atoms with van der Waals surface area (Å²) in [5.74, 6) is 1.68. The lowest BCUT2D eigenvalue weighted by Gasteiger charge is -2.18. The van der Waals surface area contributed by atoms with Crippen molar-refractivity contribution in [2.45, 2.75) is 49.9 Å². The fraction of sp³-hybridized carbons (Fsp3) is 1.00. The Morgan fingerprint density at radius 3 is 2.38 bits per heavy atom. The standard InChI is InChI=1S/C13H25NOS/c1-14-8-11(13(15)9-14)10-16-12-6-4-2-3-5-7-12/h11-13,15H,2-10H2,1H3/t11-,13+/m1/s1. The lowest BCUT2D eigenvalue weighted by molar-refractivity contribution is 0.152. The van der Waals surface area contributed by atoms with E-state index >= 15 is 0 Å². The summed E-state index contributed by atoms with van der Waals surface area (Å²) < 4.78 is 0. The summed E-state index contributed by atoms with van der Waals surface area (Å²) in [5, 5.41) is 10.8. The van der Waals surface area contributed by atoms with Crippen molar-refractivity contribution in [2.24, 2.45) is 5.92 Å². The zero-order chi connectivity index (χ0) is 11.4. The summed E-state index contributed by atoms with van der Waals surface area (Å²) in [6, 6.07) is 0. The van der Waals surface area contributed by atoms with Crippen molar-refractivity contribution >= 4 is 11.8 Å². The van der Waals surface area contributed by atoms with E-state index in [0.717, 1.165) is 24.1 Å². The molecule has 1 heterocycles. The smallest absolute Gasteiger partial charge is 0.0715 e. The van der Waals surface area contributed by atoms with Crippen molar-refractivity contribution in [1.82, 2.24) is 4.90 Å². The number of aliphatic hydroxyl groups is 1. The van der Waals surface area contributed by atoms with Gasteiger partial charge in [0.15, 0.2) is 0 Å². The normalized spacial score (nSPS) is 34.1. The first-order valence-electron chi connectivity index (χ1n) is 6.74. The molecule has 0 amide bonds. The largest absolute Gasteiger partial charge is 0.391 e. The maximum Gasteiger partial charge on any atom is 0.0715 e. The van der Waals surface area contributed by atoms with Gasteiger partial charge in [-0.05, 0) is 19.9 Å². The second-order valence-electron chi connectivity index (χ2n) is 5.50. The summed E-state index contributed by atoms with van der Waals surface area (Å²) in [6.45, 7) is 1.96. The Hall–Kier alpha value is 0.270. The summed E-state index contributed by atoms with van der Waals surface area (Å²) in [7, 11) is 2.11. The quantitative estimate of drug-likeness (QED) is 0.770. The van der Waals surface area contributed by atoms with E-state index in [0.29, 0.717) is 5.92 Å². The van der Waals surface area contributed by atoms with Gasteiger partial charge in [0.25, 0.3) is 0 Å². The fourth-order valence-corrected chi connectivity index (χ4v) is 4.41. The third-order valence-electron chi connectivity index (χ3n) is 3.94. The van der Waals surface area contributed by atoms with Crippen molar-refractivity contribution in [3.05, 3.63) is 0 Å². The van der Waals surface area contributed by atoms with Gasteiger partial charge >= 0.3 is 0 Å². The first-order valence-corrected chi connectivity index (χ1v) is 7.79.